The third-order valence-electron chi connectivity index (χ3n) is 3.45. The van der Waals surface area contributed by atoms with Gasteiger partial charge in [0.25, 0.3) is 0 Å². The van der Waals surface area contributed by atoms with Crippen LogP contribution in [0.2, 0.25) is 0 Å². The molecule has 1 aliphatic heterocycles. The minimum Gasteiger partial charge on any atom is -0.376 e. The van der Waals surface area contributed by atoms with Crippen molar-refractivity contribution in [1.29, 1.82) is 0 Å². The SMILES string of the molecule is CCN(CC)c1cc(NCC2CCCO2)nc(C)n1. The van der Waals surface area contributed by atoms with E-state index in [0.29, 0.717) is 6.10 Å². The van der Waals surface area contributed by atoms with Gasteiger partial charge in [0.15, 0.2) is 0 Å². The second-order valence-corrected chi connectivity index (χ2v) is 4.85. The van der Waals surface area contributed by atoms with Crippen molar-refractivity contribution in [3.8, 4) is 0 Å². The van der Waals surface area contributed by atoms with E-state index in [4.69, 9.17) is 4.74 Å². The normalized spacial score (nSPS) is 18.6. The molecule has 1 fully saturated rings. The van der Waals surface area contributed by atoms with E-state index in [9.17, 15) is 0 Å². The molecule has 0 aliphatic carbocycles. The highest BCUT2D eigenvalue weighted by molar-refractivity contribution is 5.49. The highest BCUT2D eigenvalue weighted by Gasteiger charge is 2.15. The molecule has 106 valence electrons. The lowest BCUT2D eigenvalue weighted by Gasteiger charge is -2.21. The number of hydrogen-bond acceptors (Lipinski definition) is 5. The lowest BCUT2D eigenvalue weighted by molar-refractivity contribution is 0.120. The smallest absolute Gasteiger partial charge is 0.134 e. The van der Waals surface area contributed by atoms with E-state index in [-0.39, 0.29) is 0 Å². The fourth-order valence-corrected chi connectivity index (χ4v) is 2.38. The number of hydrogen-bond donors (Lipinski definition) is 1. The Morgan fingerprint density at radius 3 is 2.79 bits per heavy atom. The molecule has 1 atom stereocenters. The van der Waals surface area contributed by atoms with Crippen molar-refractivity contribution in [3.63, 3.8) is 0 Å². The minimum atomic E-state index is 0.326. The van der Waals surface area contributed by atoms with Gasteiger partial charge in [-0.25, -0.2) is 9.97 Å². The zero-order valence-electron chi connectivity index (χ0n) is 12.1. The molecular weight excluding hydrogens is 240 g/mol. The summed E-state index contributed by atoms with van der Waals surface area (Å²) in [7, 11) is 0. The molecule has 19 heavy (non-hydrogen) atoms. The summed E-state index contributed by atoms with van der Waals surface area (Å²) < 4.78 is 5.61. The first-order chi connectivity index (χ1) is 9.22. The Labute approximate surface area is 115 Å². The molecule has 1 aromatic heterocycles. The van der Waals surface area contributed by atoms with Gasteiger partial charge >= 0.3 is 0 Å². The van der Waals surface area contributed by atoms with Crippen LogP contribution in [0.4, 0.5) is 11.6 Å². The number of nitrogens with one attached hydrogen (secondary N) is 1. The number of anilines is 2. The van der Waals surface area contributed by atoms with Gasteiger partial charge in [-0.1, -0.05) is 0 Å². The van der Waals surface area contributed by atoms with E-state index in [2.05, 4.69) is 34.0 Å². The average Bonchev–Trinajstić information content (AvgIpc) is 2.90. The van der Waals surface area contributed by atoms with Gasteiger partial charge in [-0.05, 0) is 33.6 Å². The second-order valence-electron chi connectivity index (χ2n) is 4.85. The second kappa shape index (κ2) is 6.70. The monoisotopic (exact) mass is 264 g/mol. The van der Waals surface area contributed by atoms with Crippen LogP contribution >= 0.6 is 0 Å². The van der Waals surface area contributed by atoms with Crippen LogP contribution in [0.5, 0.6) is 0 Å². The predicted octanol–water partition coefficient (Wildman–Crippen LogP) is 2.22. The number of rotatable bonds is 6. The van der Waals surface area contributed by atoms with Crippen molar-refractivity contribution < 1.29 is 4.74 Å². The van der Waals surface area contributed by atoms with Gasteiger partial charge in [0.1, 0.15) is 17.5 Å². The molecule has 5 nitrogen and oxygen atoms in total. The van der Waals surface area contributed by atoms with Crippen LogP contribution in [0.15, 0.2) is 6.07 Å². The molecule has 0 aromatic carbocycles. The molecule has 5 heteroatoms. The Morgan fingerprint density at radius 1 is 1.37 bits per heavy atom. The van der Waals surface area contributed by atoms with Crippen LogP contribution in [0.1, 0.15) is 32.5 Å². The standard InChI is InChI=1S/C14H24N4O/c1-4-18(5-2)14-9-13(16-11(3)17-14)15-10-12-7-6-8-19-12/h9,12H,4-8,10H2,1-3H3,(H,15,16,17). The van der Waals surface area contributed by atoms with Gasteiger partial charge < -0.3 is 15.0 Å². The molecule has 1 aliphatic rings. The number of aryl methyl sites for hydroxylation is 1. The summed E-state index contributed by atoms with van der Waals surface area (Å²) in [6, 6.07) is 2.02. The molecule has 0 bridgehead atoms. The van der Waals surface area contributed by atoms with Gasteiger partial charge in [0.2, 0.25) is 0 Å². The number of nitrogens with zero attached hydrogens (tertiary/aromatic N) is 3. The number of aromatic nitrogens is 2. The summed E-state index contributed by atoms with van der Waals surface area (Å²) in [6.07, 6.45) is 2.63. The van der Waals surface area contributed by atoms with E-state index in [0.717, 1.165) is 50.1 Å². The third-order valence-corrected chi connectivity index (χ3v) is 3.45. The predicted molar refractivity (Wildman–Crippen MR) is 77.8 cm³/mol. The van der Waals surface area contributed by atoms with E-state index < -0.39 is 0 Å². The van der Waals surface area contributed by atoms with E-state index >= 15 is 0 Å². The Kier molecular flexibility index (Phi) is 4.96. The Balaban J connectivity index is 2.03. The minimum absolute atomic E-state index is 0.326. The summed E-state index contributed by atoms with van der Waals surface area (Å²) in [5.74, 6) is 2.69. The van der Waals surface area contributed by atoms with Gasteiger partial charge in [-0.15, -0.1) is 0 Å². The highest BCUT2D eigenvalue weighted by atomic mass is 16.5. The van der Waals surface area contributed by atoms with Crippen LogP contribution in [-0.4, -0.2) is 42.3 Å². The zero-order valence-corrected chi connectivity index (χ0v) is 12.1. The molecule has 0 amide bonds. The topological polar surface area (TPSA) is 50.3 Å². The Hall–Kier alpha value is -1.36. The molecular formula is C14H24N4O. The summed E-state index contributed by atoms with van der Waals surface area (Å²) >= 11 is 0. The molecule has 1 aromatic rings. The van der Waals surface area contributed by atoms with Crippen LogP contribution in [-0.2, 0) is 4.74 Å². The lowest BCUT2D eigenvalue weighted by atomic mass is 10.2. The molecule has 2 heterocycles. The first kappa shape index (κ1) is 14.1. The van der Waals surface area contributed by atoms with Crippen molar-refractivity contribution in [2.45, 2.75) is 39.7 Å². The Morgan fingerprint density at radius 2 is 2.16 bits per heavy atom. The van der Waals surface area contributed by atoms with Gasteiger partial charge in [0.05, 0.1) is 6.10 Å². The molecule has 1 N–H and O–H groups in total. The van der Waals surface area contributed by atoms with E-state index in [1.807, 2.05) is 13.0 Å². The summed E-state index contributed by atoms with van der Waals surface area (Å²) in [5.41, 5.74) is 0. The molecule has 1 saturated heterocycles. The third kappa shape index (κ3) is 3.80. The van der Waals surface area contributed by atoms with Gasteiger partial charge in [-0.3, -0.25) is 0 Å². The van der Waals surface area contributed by atoms with Crippen molar-refractivity contribution in [2.75, 3.05) is 36.5 Å². The van der Waals surface area contributed by atoms with Gasteiger partial charge in [-0.2, -0.15) is 0 Å². The van der Waals surface area contributed by atoms with Crippen molar-refractivity contribution in [1.82, 2.24) is 9.97 Å². The fraction of sp³-hybridized carbons (Fsp3) is 0.714. The Bertz CT molecular complexity index is 400. The molecule has 2 rings (SSSR count). The van der Waals surface area contributed by atoms with E-state index in [1.54, 1.807) is 0 Å². The maximum Gasteiger partial charge on any atom is 0.134 e. The van der Waals surface area contributed by atoms with Crippen LogP contribution in [0.25, 0.3) is 0 Å². The van der Waals surface area contributed by atoms with Gasteiger partial charge in [0, 0.05) is 32.3 Å². The van der Waals surface area contributed by atoms with E-state index in [1.165, 1.54) is 6.42 Å². The first-order valence-corrected chi connectivity index (χ1v) is 7.19. The van der Waals surface area contributed by atoms with Crippen LogP contribution in [0, 0.1) is 6.92 Å². The molecule has 0 spiro atoms. The summed E-state index contributed by atoms with van der Waals surface area (Å²) in [5, 5.41) is 3.37. The highest BCUT2D eigenvalue weighted by Crippen LogP contribution is 2.17. The zero-order chi connectivity index (χ0) is 13.7. The van der Waals surface area contributed by atoms with Crippen LogP contribution in [0.3, 0.4) is 0 Å². The first-order valence-electron chi connectivity index (χ1n) is 7.19. The summed E-state index contributed by atoms with van der Waals surface area (Å²) in [6.45, 7) is 9.84. The maximum absolute atomic E-state index is 5.61. The van der Waals surface area contributed by atoms with Crippen molar-refractivity contribution in [2.24, 2.45) is 0 Å². The van der Waals surface area contributed by atoms with Crippen molar-refractivity contribution in [3.05, 3.63) is 11.9 Å². The quantitative estimate of drug-likeness (QED) is 0.854. The molecule has 0 saturated carbocycles. The van der Waals surface area contributed by atoms with Crippen molar-refractivity contribution >= 4 is 11.6 Å². The maximum atomic E-state index is 5.61. The average molecular weight is 264 g/mol. The molecule has 0 radical (unpaired) electrons. The largest absolute Gasteiger partial charge is 0.376 e. The fourth-order valence-electron chi connectivity index (χ4n) is 2.38. The lowest BCUT2D eigenvalue weighted by Crippen LogP contribution is -2.24. The van der Waals surface area contributed by atoms with Crippen LogP contribution < -0.4 is 10.2 Å². The summed E-state index contributed by atoms with van der Waals surface area (Å²) in [4.78, 5) is 11.2. The number of ether oxygens (including phenoxy) is 1. The molecule has 1 unspecified atom stereocenters.